The number of hydrogen-bond donors (Lipinski definition) is 3. The lowest BCUT2D eigenvalue weighted by atomic mass is 10.1. The van der Waals surface area contributed by atoms with E-state index in [1.165, 1.54) is 0 Å². The van der Waals surface area contributed by atoms with Gasteiger partial charge in [0.1, 0.15) is 5.75 Å². The first-order chi connectivity index (χ1) is 10.6. The average Bonchev–Trinajstić information content (AvgIpc) is 2.51. The lowest BCUT2D eigenvalue weighted by Gasteiger charge is -2.10. The number of carbonyl (C=O) groups is 2. The van der Waals surface area contributed by atoms with Gasteiger partial charge in [0.2, 0.25) is 0 Å². The first-order valence-electron chi connectivity index (χ1n) is 7.65. The van der Waals surface area contributed by atoms with E-state index >= 15 is 0 Å². The number of carbonyl (C=O) groups excluding carboxylic acids is 2. The number of hydrogen-bond acceptors (Lipinski definition) is 4. The summed E-state index contributed by atoms with van der Waals surface area (Å²) in [6, 6.07) is 4.80. The molecule has 0 radical (unpaired) electrons. The van der Waals surface area contributed by atoms with Crippen LogP contribution in [-0.4, -0.2) is 31.5 Å². The van der Waals surface area contributed by atoms with Gasteiger partial charge in [0.15, 0.2) is 6.61 Å². The molecule has 4 N–H and O–H groups in total. The third-order valence-corrected chi connectivity index (χ3v) is 3.02. The quantitative estimate of drug-likeness (QED) is 0.478. The highest BCUT2D eigenvalue weighted by Crippen LogP contribution is 2.22. The number of rotatable bonds is 9. The number of nitrogens with two attached hydrogens (primary N) is 1. The molecule has 0 aliphatic heterocycles. The second-order valence-corrected chi connectivity index (χ2v) is 5.00. The third kappa shape index (κ3) is 6.03. The molecule has 0 spiro atoms. The summed E-state index contributed by atoms with van der Waals surface area (Å²) in [5.41, 5.74) is 6.69. The summed E-state index contributed by atoms with van der Waals surface area (Å²) in [6.07, 6.45) is 2.83. The zero-order chi connectivity index (χ0) is 16.4. The zero-order valence-electron chi connectivity index (χ0n) is 13.3. The molecule has 122 valence electrons. The first-order valence-corrected chi connectivity index (χ1v) is 7.65. The van der Waals surface area contributed by atoms with Crippen LogP contribution in [0.3, 0.4) is 0 Å². The number of unbranched alkanes of at least 4 members (excludes halogenated alkanes) is 1. The van der Waals surface area contributed by atoms with Crippen molar-refractivity contribution in [2.75, 3.05) is 25.4 Å². The summed E-state index contributed by atoms with van der Waals surface area (Å²) in [4.78, 5) is 23.4. The summed E-state index contributed by atoms with van der Waals surface area (Å²) in [5.74, 6) is 0.0479. The Bertz CT molecular complexity index is 503. The summed E-state index contributed by atoms with van der Waals surface area (Å²) >= 11 is 0. The van der Waals surface area contributed by atoms with Gasteiger partial charge in [0.05, 0.1) is 5.69 Å². The fraction of sp³-hybridized carbons (Fsp3) is 0.500. The van der Waals surface area contributed by atoms with Gasteiger partial charge in [-0.3, -0.25) is 9.59 Å². The number of nitrogens with one attached hydrogen (secondary N) is 2. The molecule has 22 heavy (non-hydrogen) atoms. The Balaban J connectivity index is 2.54. The van der Waals surface area contributed by atoms with Crippen molar-refractivity contribution in [3.8, 4) is 5.75 Å². The van der Waals surface area contributed by atoms with Crippen LogP contribution in [0.1, 0.15) is 43.5 Å². The highest BCUT2D eigenvalue weighted by atomic mass is 16.5. The minimum absolute atomic E-state index is 0.0910. The van der Waals surface area contributed by atoms with Crippen molar-refractivity contribution in [3.05, 3.63) is 23.8 Å². The van der Waals surface area contributed by atoms with Crippen LogP contribution >= 0.6 is 0 Å². The Morgan fingerprint density at radius 2 is 1.91 bits per heavy atom. The van der Waals surface area contributed by atoms with Crippen molar-refractivity contribution in [1.29, 1.82) is 0 Å². The molecule has 0 atom stereocenters. The van der Waals surface area contributed by atoms with Crippen molar-refractivity contribution < 1.29 is 14.3 Å². The number of anilines is 1. The molecule has 2 amide bonds. The Morgan fingerprint density at radius 3 is 2.55 bits per heavy atom. The molecule has 0 aliphatic rings. The normalized spacial score (nSPS) is 10.1. The second kappa shape index (κ2) is 9.65. The molecule has 0 saturated carbocycles. The molecule has 1 aromatic carbocycles. The van der Waals surface area contributed by atoms with Crippen LogP contribution in [0.15, 0.2) is 18.2 Å². The number of nitrogen functional groups attached to an aromatic ring is 1. The molecule has 0 heterocycles. The lowest BCUT2D eigenvalue weighted by molar-refractivity contribution is -0.123. The Kier molecular flexibility index (Phi) is 7.81. The van der Waals surface area contributed by atoms with Crippen LogP contribution in [-0.2, 0) is 4.79 Å². The highest BCUT2D eigenvalue weighted by Gasteiger charge is 2.09. The molecule has 0 aliphatic carbocycles. The Morgan fingerprint density at radius 1 is 1.14 bits per heavy atom. The number of benzene rings is 1. The van der Waals surface area contributed by atoms with Crippen molar-refractivity contribution in [2.45, 2.75) is 33.1 Å². The minimum atomic E-state index is -0.192. The van der Waals surface area contributed by atoms with E-state index < -0.39 is 0 Å². The molecule has 0 fully saturated rings. The van der Waals surface area contributed by atoms with Crippen LogP contribution in [0.5, 0.6) is 5.75 Å². The van der Waals surface area contributed by atoms with E-state index in [-0.39, 0.29) is 18.4 Å². The summed E-state index contributed by atoms with van der Waals surface area (Å²) in [6.45, 7) is 5.21. The molecule has 1 aromatic rings. The highest BCUT2D eigenvalue weighted by molar-refractivity contribution is 5.95. The summed E-state index contributed by atoms with van der Waals surface area (Å²) < 4.78 is 5.36. The summed E-state index contributed by atoms with van der Waals surface area (Å²) in [5, 5.41) is 5.53. The number of ether oxygens (including phenoxy) is 1. The van der Waals surface area contributed by atoms with Crippen molar-refractivity contribution in [2.24, 2.45) is 0 Å². The van der Waals surface area contributed by atoms with E-state index in [1.54, 1.807) is 18.2 Å². The van der Waals surface area contributed by atoms with Crippen molar-refractivity contribution in [1.82, 2.24) is 10.6 Å². The maximum atomic E-state index is 11.9. The average molecular weight is 307 g/mol. The maximum Gasteiger partial charge on any atom is 0.257 e. The van der Waals surface area contributed by atoms with Gasteiger partial charge in [-0.2, -0.15) is 0 Å². The molecule has 0 aromatic heterocycles. The van der Waals surface area contributed by atoms with E-state index in [0.29, 0.717) is 30.1 Å². The van der Waals surface area contributed by atoms with Crippen LogP contribution < -0.4 is 21.1 Å². The maximum absolute atomic E-state index is 11.9. The molecule has 0 unspecified atom stereocenters. The zero-order valence-corrected chi connectivity index (χ0v) is 13.3. The van der Waals surface area contributed by atoms with E-state index in [4.69, 9.17) is 10.5 Å². The Labute approximate surface area is 131 Å². The SMILES string of the molecule is CCCCNC(=O)c1ccc(OCC(=O)NCCC)c(N)c1. The predicted octanol–water partition coefficient (Wildman–Crippen LogP) is 1.70. The fourth-order valence-corrected chi connectivity index (χ4v) is 1.76. The van der Waals surface area contributed by atoms with Gasteiger partial charge in [-0.05, 0) is 31.0 Å². The molecule has 0 saturated heterocycles. The topological polar surface area (TPSA) is 93.4 Å². The predicted molar refractivity (Wildman–Crippen MR) is 86.9 cm³/mol. The van der Waals surface area contributed by atoms with Gasteiger partial charge in [0.25, 0.3) is 11.8 Å². The van der Waals surface area contributed by atoms with Gasteiger partial charge >= 0.3 is 0 Å². The molecule has 1 rings (SSSR count). The monoisotopic (exact) mass is 307 g/mol. The Hall–Kier alpha value is -2.24. The second-order valence-electron chi connectivity index (χ2n) is 5.00. The fourth-order valence-electron chi connectivity index (χ4n) is 1.76. The lowest BCUT2D eigenvalue weighted by Crippen LogP contribution is -2.29. The van der Waals surface area contributed by atoms with Gasteiger partial charge in [-0.1, -0.05) is 20.3 Å². The summed E-state index contributed by atoms with van der Waals surface area (Å²) in [7, 11) is 0. The first kappa shape index (κ1) is 17.8. The molecule has 6 nitrogen and oxygen atoms in total. The van der Waals surface area contributed by atoms with Crippen LogP contribution in [0.25, 0.3) is 0 Å². The van der Waals surface area contributed by atoms with Crippen LogP contribution in [0.2, 0.25) is 0 Å². The standard InChI is InChI=1S/C16H25N3O3/c1-3-5-9-19-16(21)12-6-7-14(13(17)10-12)22-11-15(20)18-8-4-2/h6-7,10H,3-5,8-9,11,17H2,1-2H3,(H,18,20)(H,19,21). The van der Waals surface area contributed by atoms with E-state index in [0.717, 1.165) is 19.3 Å². The molecule has 6 heteroatoms. The molecular weight excluding hydrogens is 282 g/mol. The molecule has 0 bridgehead atoms. The van der Waals surface area contributed by atoms with E-state index in [2.05, 4.69) is 17.6 Å². The number of amides is 2. The van der Waals surface area contributed by atoms with Crippen molar-refractivity contribution in [3.63, 3.8) is 0 Å². The van der Waals surface area contributed by atoms with E-state index in [9.17, 15) is 9.59 Å². The van der Waals surface area contributed by atoms with Gasteiger partial charge in [-0.25, -0.2) is 0 Å². The smallest absolute Gasteiger partial charge is 0.257 e. The van der Waals surface area contributed by atoms with Crippen LogP contribution in [0.4, 0.5) is 5.69 Å². The van der Waals surface area contributed by atoms with Crippen LogP contribution in [0, 0.1) is 0 Å². The minimum Gasteiger partial charge on any atom is -0.482 e. The van der Waals surface area contributed by atoms with Gasteiger partial charge in [-0.15, -0.1) is 0 Å². The molecular formula is C16H25N3O3. The largest absolute Gasteiger partial charge is 0.482 e. The van der Waals surface area contributed by atoms with E-state index in [1.807, 2.05) is 6.92 Å². The van der Waals surface area contributed by atoms with Gasteiger partial charge < -0.3 is 21.1 Å². The van der Waals surface area contributed by atoms with Crippen molar-refractivity contribution >= 4 is 17.5 Å². The third-order valence-electron chi connectivity index (χ3n) is 3.02. The van der Waals surface area contributed by atoms with Gasteiger partial charge in [0, 0.05) is 18.7 Å².